The van der Waals surface area contributed by atoms with Crippen LogP contribution in [0.3, 0.4) is 0 Å². The SMILES string of the molecule is COc1ccc(CC(=O)N[C@H]2CCCCC/C=C\[C@H]3C[C@@]3(C(=O)NS(=O)(=O)C3CC3)NC(=O)C3C[C@@H](OC(=O)N4Cc5cccc(F)c5C4)CN3C2=O)cc1. The van der Waals surface area contributed by atoms with Gasteiger partial charge in [0.2, 0.25) is 27.7 Å². The molecule has 55 heavy (non-hydrogen) atoms. The van der Waals surface area contributed by atoms with E-state index in [1.54, 1.807) is 43.5 Å². The van der Waals surface area contributed by atoms with Crippen molar-refractivity contribution in [3.05, 3.63) is 77.1 Å². The highest BCUT2D eigenvalue weighted by Gasteiger charge is 2.62. The van der Waals surface area contributed by atoms with Crippen LogP contribution in [0.25, 0.3) is 0 Å². The summed E-state index contributed by atoms with van der Waals surface area (Å²) in [6.45, 7) is -0.0518. The van der Waals surface area contributed by atoms with E-state index in [9.17, 15) is 36.8 Å². The summed E-state index contributed by atoms with van der Waals surface area (Å²) in [5, 5.41) is 5.02. The van der Waals surface area contributed by atoms with E-state index >= 15 is 0 Å². The van der Waals surface area contributed by atoms with Crippen LogP contribution in [0.5, 0.6) is 5.75 Å². The van der Waals surface area contributed by atoms with E-state index in [0.717, 1.165) is 12.8 Å². The quantitative estimate of drug-likeness (QED) is 0.340. The summed E-state index contributed by atoms with van der Waals surface area (Å²) in [6, 6.07) is 9.36. The molecular formula is C39H46FN5O9S. The number of carbonyl (C=O) groups excluding carboxylic acids is 5. The summed E-state index contributed by atoms with van der Waals surface area (Å²) in [5.74, 6) is -2.78. The van der Waals surface area contributed by atoms with Gasteiger partial charge in [0, 0.05) is 24.4 Å². The van der Waals surface area contributed by atoms with Crippen molar-refractivity contribution in [3.8, 4) is 5.75 Å². The van der Waals surface area contributed by atoms with Crippen LogP contribution < -0.4 is 20.1 Å². The summed E-state index contributed by atoms with van der Waals surface area (Å²) < 4.78 is 53.3. The summed E-state index contributed by atoms with van der Waals surface area (Å²) in [6.07, 6.45) is 6.02. The van der Waals surface area contributed by atoms with Gasteiger partial charge >= 0.3 is 6.09 Å². The highest BCUT2D eigenvalue weighted by atomic mass is 32.2. The predicted octanol–water partition coefficient (Wildman–Crippen LogP) is 2.99. The van der Waals surface area contributed by atoms with Crippen LogP contribution in [0.2, 0.25) is 0 Å². The Balaban J connectivity index is 1.13. The number of nitrogens with zero attached hydrogens (tertiary/aromatic N) is 2. The molecule has 2 aliphatic carbocycles. The molecule has 2 aromatic rings. The second-order valence-corrected chi connectivity index (χ2v) is 17.1. The molecule has 14 nitrogen and oxygen atoms in total. The lowest BCUT2D eigenvalue weighted by Gasteiger charge is -2.30. The average Bonchev–Trinajstić information content (AvgIpc) is 4.04. The van der Waals surface area contributed by atoms with E-state index in [0.29, 0.717) is 48.1 Å². The predicted molar refractivity (Wildman–Crippen MR) is 196 cm³/mol. The molecule has 0 spiro atoms. The van der Waals surface area contributed by atoms with E-state index in [-0.39, 0.29) is 45.3 Å². The van der Waals surface area contributed by atoms with Gasteiger partial charge in [-0.3, -0.25) is 28.8 Å². The fourth-order valence-electron chi connectivity index (χ4n) is 7.75. The number of benzene rings is 2. The number of allylic oxidation sites excluding steroid dienone is 1. The molecule has 3 aliphatic heterocycles. The number of rotatable bonds is 8. The van der Waals surface area contributed by atoms with Crippen molar-refractivity contribution in [2.45, 2.75) is 106 Å². The summed E-state index contributed by atoms with van der Waals surface area (Å²) in [7, 11) is -2.38. The van der Waals surface area contributed by atoms with Crippen LogP contribution in [0.1, 0.15) is 74.5 Å². The van der Waals surface area contributed by atoms with Crippen molar-refractivity contribution >= 4 is 39.7 Å². The Labute approximate surface area is 319 Å². The van der Waals surface area contributed by atoms with Crippen LogP contribution >= 0.6 is 0 Å². The van der Waals surface area contributed by atoms with Crippen LogP contribution in [0.15, 0.2) is 54.6 Å². The van der Waals surface area contributed by atoms with E-state index in [1.807, 2.05) is 12.2 Å². The second-order valence-electron chi connectivity index (χ2n) is 15.1. The summed E-state index contributed by atoms with van der Waals surface area (Å²) in [4.78, 5) is 71.8. The van der Waals surface area contributed by atoms with Crippen LogP contribution in [-0.2, 0) is 53.4 Å². The van der Waals surface area contributed by atoms with Gasteiger partial charge in [-0.1, -0.05) is 49.3 Å². The van der Waals surface area contributed by atoms with Gasteiger partial charge < -0.3 is 25.0 Å². The first-order chi connectivity index (χ1) is 26.4. The van der Waals surface area contributed by atoms with Crippen LogP contribution in [0, 0.1) is 11.7 Å². The number of nitrogens with one attached hydrogen (secondary N) is 3. The molecule has 3 fully saturated rings. The number of hydrogen-bond acceptors (Lipinski definition) is 9. The molecule has 2 aromatic carbocycles. The van der Waals surface area contributed by atoms with E-state index in [1.165, 1.54) is 15.9 Å². The van der Waals surface area contributed by atoms with Gasteiger partial charge in [-0.25, -0.2) is 17.6 Å². The Morgan fingerprint density at radius 1 is 1.02 bits per heavy atom. The first-order valence-electron chi connectivity index (χ1n) is 18.9. The molecule has 0 aromatic heterocycles. The van der Waals surface area contributed by atoms with Gasteiger partial charge in [-0.15, -0.1) is 0 Å². The number of ether oxygens (including phenoxy) is 2. The number of fused-ring (bicyclic) bond motifs is 3. The monoisotopic (exact) mass is 779 g/mol. The highest BCUT2D eigenvalue weighted by molar-refractivity contribution is 7.91. The molecule has 7 rings (SSSR count). The molecule has 5 aliphatic rings. The minimum Gasteiger partial charge on any atom is -0.497 e. The Morgan fingerprint density at radius 2 is 1.80 bits per heavy atom. The third-order valence-electron chi connectivity index (χ3n) is 11.2. The molecular weight excluding hydrogens is 734 g/mol. The maximum atomic E-state index is 14.5. The van der Waals surface area contributed by atoms with Gasteiger partial charge in [0.1, 0.15) is 35.3 Å². The molecule has 5 amide bonds. The third kappa shape index (κ3) is 8.48. The number of methoxy groups -OCH3 is 1. The lowest BCUT2D eigenvalue weighted by molar-refractivity contribution is -0.142. The molecule has 294 valence electrons. The van der Waals surface area contributed by atoms with Crippen molar-refractivity contribution in [2.75, 3.05) is 13.7 Å². The molecule has 0 radical (unpaired) electrons. The molecule has 3 heterocycles. The topological polar surface area (TPSA) is 181 Å². The number of halogens is 1. The van der Waals surface area contributed by atoms with E-state index in [2.05, 4.69) is 15.4 Å². The van der Waals surface area contributed by atoms with E-state index < -0.39 is 80.5 Å². The zero-order valence-electron chi connectivity index (χ0n) is 30.6. The van der Waals surface area contributed by atoms with Crippen molar-refractivity contribution in [1.82, 2.24) is 25.2 Å². The summed E-state index contributed by atoms with van der Waals surface area (Å²) >= 11 is 0. The Hall–Kier alpha value is -4.99. The zero-order chi connectivity index (χ0) is 38.9. The lowest BCUT2D eigenvalue weighted by atomic mass is 10.0. The average molecular weight is 780 g/mol. The maximum Gasteiger partial charge on any atom is 0.410 e. The largest absolute Gasteiger partial charge is 0.497 e. The van der Waals surface area contributed by atoms with Crippen molar-refractivity contribution < 1.29 is 46.3 Å². The lowest BCUT2D eigenvalue weighted by Crippen LogP contribution is -2.58. The first-order valence-corrected chi connectivity index (χ1v) is 20.4. The molecule has 16 heteroatoms. The first kappa shape index (κ1) is 38.3. The van der Waals surface area contributed by atoms with Gasteiger partial charge in [0.05, 0.1) is 31.9 Å². The van der Waals surface area contributed by atoms with Crippen molar-refractivity contribution in [2.24, 2.45) is 5.92 Å². The smallest absolute Gasteiger partial charge is 0.410 e. The molecule has 3 N–H and O–H groups in total. The normalized spacial score (nSPS) is 27.3. The van der Waals surface area contributed by atoms with Gasteiger partial charge in [-0.2, -0.15) is 0 Å². The minimum atomic E-state index is -3.93. The number of carbonyl (C=O) groups is 5. The summed E-state index contributed by atoms with van der Waals surface area (Å²) in [5.41, 5.74) is 0.187. The second kappa shape index (κ2) is 15.6. The number of sulfonamides is 1. The minimum absolute atomic E-state index is 0.00127. The van der Waals surface area contributed by atoms with Gasteiger partial charge in [-0.05, 0) is 67.9 Å². The molecule has 2 saturated carbocycles. The van der Waals surface area contributed by atoms with Crippen LogP contribution in [-0.4, -0.2) is 90.6 Å². The third-order valence-corrected chi connectivity index (χ3v) is 13.0. The van der Waals surface area contributed by atoms with E-state index in [4.69, 9.17) is 9.47 Å². The van der Waals surface area contributed by atoms with Gasteiger partial charge in [0.25, 0.3) is 5.91 Å². The number of hydrogen-bond donors (Lipinski definition) is 3. The van der Waals surface area contributed by atoms with Crippen molar-refractivity contribution in [3.63, 3.8) is 0 Å². The fraction of sp³-hybridized carbons (Fsp3) is 0.513. The van der Waals surface area contributed by atoms with Crippen LogP contribution in [0.4, 0.5) is 9.18 Å². The fourth-order valence-corrected chi connectivity index (χ4v) is 9.11. The Morgan fingerprint density at radius 3 is 2.53 bits per heavy atom. The maximum absolute atomic E-state index is 14.5. The molecule has 1 saturated heterocycles. The highest BCUT2D eigenvalue weighted by Crippen LogP contribution is 2.46. The molecule has 1 unspecified atom stereocenters. The molecule has 5 atom stereocenters. The number of amides is 5. The van der Waals surface area contributed by atoms with Crippen molar-refractivity contribution in [1.29, 1.82) is 0 Å². The Bertz CT molecular complexity index is 1990. The standard InChI is InChI=1S/C39H46FN5O9S/c1-53-27-14-12-24(13-15-27)18-34(46)41-32-11-6-4-2-3-5-9-26-20-39(26,37(49)43-55(51,52)29-16-17-29)42-35(47)33-19-28(22-45(33)36(32)48)54-38(50)44-21-25-8-7-10-31(40)30(25)23-44/h5,7-10,12-15,26,28-29,32-33H,2-4,6,11,16-23H2,1H3,(H,41,46)(H,42,47)(H,43,49)/b9-5-/t26-,28+,32-,33?,39+/m0/s1. The van der Waals surface area contributed by atoms with Gasteiger partial charge in [0.15, 0.2) is 0 Å². The molecule has 0 bridgehead atoms. The Kier molecular flexibility index (Phi) is 10.9. The zero-order valence-corrected chi connectivity index (χ0v) is 31.4.